The first kappa shape index (κ1) is 20.0. The largest absolute Gasteiger partial charge is 0.507 e. The third-order valence-electron chi connectivity index (χ3n) is 4.32. The van der Waals surface area contributed by atoms with E-state index >= 15 is 0 Å². The van der Waals surface area contributed by atoms with E-state index < -0.39 is 0 Å². The predicted molar refractivity (Wildman–Crippen MR) is 100 cm³/mol. The molecule has 3 heteroatoms. The van der Waals surface area contributed by atoms with Crippen molar-refractivity contribution in [1.82, 2.24) is 9.80 Å². The number of aromatic hydroxyl groups is 1. The molecule has 132 valence electrons. The van der Waals surface area contributed by atoms with Gasteiger partial charge in [0.15, 0.2) is 0 Å². The smallest absolute Gasteiger partial charge is 0.123 e. The fourth-order valence-electron chi connectivity index (χ4n) is 2.78. The number of rotatable bonds is 11. The minimum absolute atomic E-state index is 0.524. The topological polar surface area (TPSA) is 26.7 Å². The zero-order valence-electron chi connectivity index (χ0n) is 15.9. The van der Waals surface area contributed by atoms with Gasteiger partial charge in [-0.1, -0.05) is 38.8 Å². The fraction of sp³-hybridized carbons (Fsp3) is 0.700. The summed E-state index contributed by atoms with van der Waals surface area (Å²) >= 11 is 0. The molecular weight excluding hydrogens is 284 g/mol. The average Bonchev–Trinajstić information content (AvgIpc) is 2.52. The summed E-state index contributed by atoms with van der Waals surface area (Å²) in [5.41, 5.74) is 3.61. The Morgan fingerprint density at radius 2 is 1.48 bits per heavy atom. The molecule has 0 saturated carbocycles. The molecule has 1 N–H and O–H groups in total. The van der Waals surface area contributed by atoms with Gasteiger partial charge in [-0.05, 0) is 58.0 Å². The van der Waals surface area contributed by atoms with Crippen molar-refractivity contribution in [3.8, 4) is 5.75 Å². The van der Waals surface area contributed by atoms with Crippen molar-refractivity contribution >= 4 is 0 Å². The van der Waals surface area contributed by atoms with Crippen molar-refractivity contribution < 1.29 is 5.11 Å². The summed E-state index contributed by atoms with van der Waals surface area (Å²) < 4.78 is 0. The Kier molecular flexibility index (Phi) is 9.27. The van der Waals surface area contributed by atoms with Crippen molar-refractivity contribution in [3.05, 3.63) is 28.8 Å². The molecule has 0 fully saturated rings. The Morgan fingerprint density at radius 3 is 2.09 bits per heavy atom. The minimum atomic E-state index is 0.524. The Hall–Kier alpha value is -1.06. The summed E-state index contributed by atoms with van der Waals surface area (Å²) in [5, 5.41) is 10.7. The number of benzene rings is 1. The third-order valence-corrected chi connectivity index (χ3v) is 4.32. The molecule has 0 aliphatic heterocycles. The van der Waals surface area contributed by atoms with Crippen molar-refractivity contribution in [2.45, 2.75) is 58.9 Å². The highest BCUT2D eigenvalue weighted by Crippen LogP contribution is 2.28. The van der Waals surface area contributed by atoms with Crippen molar-refractivity contribution in [2.75, 3.05) is 34.2 Å². The van der Waals surface area contributed by atoms with E-state index in [0.717, 1.165) is 56.4 Å². The van der Waals surface area contributed by atoms with Gasteiger partial charge in [0.05, 0.1) is 0 Å². The van der Waals surface area contributed by atoms with Crippen LogP contribution < -0.4 is 0 Å². The molecule has 0 radical (unpaired) electrons. The van der Waals surface area contributed by atoms with Crippen LogP contribution in [0, 0.1) is 0 Å². The second-order valence-corrected chi connectivity index (χ2v) is 7.01. The van der Waals surface area contributed by atoms with Gasteiger partial charge in [-0.2, -0.15) is 0 Å². The van der Waals surface area contributed by atoms with Crippen molar-refractivity contribution in [1.29, 1.82) is 0 Å². The lowest BCUT2D eigenvalue weighted by molar-refractivity contribution is 0.273. The molecule has 0 amide bonds. The normalized spacial score (nSPS) is 11.6. The van der Waals surface area contributed by atoms with Gasteiger partial charge < -0.3 is 14.9 Å². The Balaban J connectivity index is 2.88. The maximum absolute atomic E-state index is 10.7. The molecule has 0 aromatic heterocycles. The lowest BCUT2D eigenvalue weighted by atomic mass is 9.97. The summed E-state index contributed by atoms with van der Waals surface area (Å²) in [4.78, 5) is 4.49. The van der Waals surface area contributed by atoms with Gasteiger partial charge in [0.25, 0.3) is 0 Å². The highest BCUT2D eigenvalue weighted by molar-refractivity contribution is 5.44. The summed E-state index contributed by atoms with van der Waals surface area (Å²) in [6, 6.07) is 4.44. The van der Waals surface area contributed by atoms with Gasteiger partial charge in [-0.25, -0.2) is 0 Å². The Morgan fingerprint density at radius 1 is 0.870 bits per heavy atom. The first-order valence-corrected chi connectivity index (χ1v) is 9.14. The van der Waals surface area contributed by atoms with Gasteiger partial charge in [-0.15, -0.1) is 0 Å². The second-order valence-electron chi connectivity index (χ2n) is 7.01. The van der Waals surface area contributed by atoms with Crippen LogP contribution in [0.3, 0.4) is 0 Å². The molecule has 0 aliphatic rings. The molecule has 0 aliphatic carbocycles. The number of likely N-dealkylation sites (N-methyl/N-ethyl adjacent to an activating group) is 2. The molecule has 23 heavy (non-hydrogen) atoms. The van der Waals surface area contributed by atoms with Gasteiger partial charge in [0.1, 0.15) is 5.75 Å². The molecule has 3 nitrogen and oxygen atoms in total. The van der Waals surface area contributed by atoms with E-state index in [1.54, 1.807) is 0 Å². The number of nitrogens with zero attached hydrogens (tertiary/aromatic N) is 2. The summed E-state index contributed by atoms with van der Waals surface area (Å²) in [6.07, 6.45) is 6.83. The van der Waals surface area contributed by atoms with Crippen LogP contribution in [-0.2, 0) is 19.4 Å². The van der Waals surface area contributed by atoms with Crippen LogP contribution in [0.5, 0.6) is 5.75 Å². The van der Waals surface area contributed by atoms with E-state index in [4.69, 9.17) is 0 Å². The fourth-order valence-corrected chi connectivity index (χ4v) is 2.78. The van der Waals surface area contributed by atoms with E-state index in [-0.39, 0.29) is 0 Å². The molecule has 0 spiro atoms. The second kappa shape index (κ2) is 10.7. The van der Waals surface area contributed by atoms with Crippen LogP contribution in [-0.4, -0.2) is 49.1 Å². The molecule has 0 heterocycles. The third kappa shape index (κ3) is 7.36. The number of phenolic OH excluding ortho intramolecular Hbond substituents is 1. The average molecular weight is 321 g/mol. The highest BCUT2D eigenvalue weighted by Gasteiger charge is 2.12. The Labute approximate surface area is 143 Å². The Bertz CT molecular complexity index is 457. The van der Waals surface area contributed by atoms with Crippen molar-refractivity contribution in [2.24, 2.45) is 0 Å². The maximum atomic E-state index is 10.7. The molecule has 0 bridgehead atoms. The standard InChI is InChI=1S/C20H36N2O/c1-6-8-10-17-14-18(11-9-7-2)20(23)19(15-17)16-22(5)13-12-21(3)4/h14-15,23H,6-13,16H2,1-5H3. The summed E-state index contributed by atoms with van der Waals surface area (Å²) in [7, 11) is 6.33. The summed E-state index contributed by atoms with van der Waals surface area (Å²) in [5.74, 6) is 0.524. The lowest BCUT2D eigenvalue weighted by Crippen LogP contribution is -2.28. The predicted octanol–water partition coefficient (Wildman–Crippen LogP) is 4.07. The number of aryl methyl sites for hydroxylation is 2. The van der Waals surface area contributed by atoms with Gasteiger partial charge in [0, 0.05) is 25.2 Å². The van der Waals surface area contributed by atoms with Crippen LogP contribution in [0.25, 0.3) is 0 Å². The zero-order valence-corrected chi connectivity index (χ0v) is 15.9. The number of hydrogen-bond acceptors (Lipinski definition) is 3. The lowest BCUT2D eigenvalue weighted by Gasteiger charge is -2.21. The molecule has 1 aromatic carbocycles. The first-order valence-electron chi connectivity index (χ1n) is 9.14. The maximum Gasteiger partial charge on any atom is 0.123 e. The van der Waals surface area contributed by atoms with Crippen LogP contribution in [0.4, 0.5) is 0 Å². The number of phenols is 1. The molecule has 0 atom stereocenters. The quantitative estimate of drug-likeness (QED) is 0.666. The van der Waals surface area contributed by atoms with E-state index in [1.165, 1.54) is 18.4 Å². The van der Waals surface area contributed by atoms with Crippen LogP contribution in [0.15, 0.2) is 12.1 Å². The molecule has 1 aromatic rings. The van der Waals surface area contributed by atoms with Gasteiger partial charge in [-0.3, -0.25) is 0 Å². The van der Waals surface area contributed by atoms with E-state index in [2.05, 4.69) is 56.9 Å². The first-order chi connectivity index (χ1) is 11.0. The molecule has 0 unspecified atom stereocenters. The molecule has 1 rings (SSSR count). The zero-order chi connectivity index (χ0) is 17.2. The highest BCUT2D eigenvalue weighted by atomic mass is 16.3. The van der Waals surface area contributed by atoms with Gasteiger partial charge in [0.2, 0.25) is 0 Å². The van der Waals surface area contributed by atoms with Crippen LogP contribution in [0.1, 0.15) is 56.2 Å². The number of hydrogen-bond donors (Lipinski definition) is 1. The van der Waals surface area contributed by atoms with E-state index in [0.29, 0.717) is 5.75 Å². The van der Waals surface area contributed by atoms with Crippen LogP contribution in [0.2, 0.25) is 0 Å². The molecular formula is C20H36N2O. The number of unbranched alkanes of at least 4 members (excludes halogenated alkanes) is 2. The minimum Gasteiger partial charge on any atom is -0.507 e. The van der Waals surface area contributed by atoms with E-state index in [9.17, 15) is 5.11 Å². The van der Waals surface area contributed by atoms with Crippen molar-refractivity contribution in [3.63, 3.8) is 0 Å². The monoisotopic (exact) mass is 320 g/mol. The summed E-state index contributed by atoms with van der Waals surface area (Å²) in [6.45, 7) is 7.30. The van der Waals surface area contributed by atoms with Crippen LogP contribution >= 0.6 is 0 Å². The van der Waals surface area contributed by atoms with E-state index in [1.807, 2.05) is 0 Å². The SMILES string of the molecule is CCCCc1cc(CCCC)c(O)c(CN(C)CCN(C)C)c1. The van der Waals surface area contributed by atoms with Gasteiger partial charge >= 0.3 is 0 Å². The molecule has 0 saturated heterocycles.